The van der Waals surface area contributed by atoms with Crippen molar-refractivity contribution < 1.29 is 0 Å². The molecule has 0 amide bonds. The fourth-order valence-electron chi connectivity index (χ4n) is 2.21. The van der Waals surface area contributed by atoms with E-state index in [1.54, 1.807) is 17.8 Å². The van der Waals surface area contributed by atoms with E-state index in [1.807, 2.05) is 47.2 Å². The molecule has 3 rings (SSSR count). The Morgan fingerprint density at radius 2 is 1.95 bits per heavy atom. The van der Waals surface area contributed by atoms with Crippen molar-refractivity contribution in [1.82, 2.24) is 9.55 Å². The number of benzene rings is 2. The average molecular weight is 280 g/mol. The molecule has 0 aliphatic heterocycles. The summed E-state index contributed by atoms with van der Waals surface area (Å²) >= 11 is 1.69. The van der Waals surface area contributed by atoms with E-state index in [1.165, 1.54) is 4.90 Å². The second-order valence-electron chi connectivity index (χ2n) is 4.29. The third-order valence-corrected chi connectivity index (χ3v) is 3.91. The number of hydrogen-bond donors (Lipinski definition) is 1. The normalized spacial score (nSPS) is 10.6. The molecule has 1 aromatic heterocycles. The molecule has 0 spiro atoms. The minimum atomic E-state index is 0.389. The van der Waals surface area contributed by atoms with Gasteiger partial charge in [-0.3, -0.25) is 4.57 Å². The smallest absolute Gasteiger partial charge is 0.205 e. The van der Waals surface area contributed by atoms with Crippen LogP contribution >= 0.6 is 11.8 Å². The molecule has 3 aromatic rings. The number of anilines is 1. The van der Waals surface area contributed by atoms with Gasteiger partial charge in [0, 0.05) is 10.6 Å². The molecule has 0 aliphatic carbocycles. The lowest BCUT2D eigenvalue weighted by atomic mass is 10.2. The molecule has 2 aromatic carbocycles. The third-order valence-electron chi connectivity index (χ3n) is 3.16. The van der Waals surface area contributed by atoms with Crippen LogP contribution in [-0.2, 0) is 0 Å². The Morgan fingerprint density at radius 1 is 1.20 bits per heavy atom. The van der Waals surface area contributed by atoms with Gasteiger partial charge >= 0.3 is 0 Å². The summed E-state index contributed by atoms with van der Waals surface area (Å²) in [6.45, 7) is 0. The van der Waals surface area contributed by atoms with Crippen molar-refractivity contribution in [3.63, 3.8) is 0 Å². The lowest BCUT2D eigenvalue weighted by molar-refractivity contribution is 1.10. The number of nitrogens with two attached hydrogens (primary N) is 1. The number of nitriles is 1. The van der Waals surface area contributed by atoms with Gasteiger partial charge in [0.1, 0.15) is 11.6 Å². The minimum Gasteiger partial charge on any atom is -0.369 e. The van der Waals surface area contributed by atoms with Crippen LogP contribution in [0.1, 0.15) is 5.56 Å². The first-order valence-electron chi connectivity index (χ1n) is 6.06. The molecular weight excluding hydrogens is 268 g/mol. The zero-order valence-electron chi connectivity index (χ0n) is 10.9. The van der Waals surface area contributed by atoms with Crippen LogP contribution in [0.5, 0.6) is 0 Å². The van der Waals surface area contributed by atoms with Gasteiger partial charge in [-0.25, -0.2) is 4.98 Å². The Labute approximate surface area is 120 Å². The van der Waals surface area contributed by atoms with Gasteiger partial charge in [-0.15, -0.1) is 11.8 Å². The minimum absolute atomic E-state index is 0.389. The first-order chi connectivity index (χ1) is 9.74. The fraction of sp³-hybridized carbons (Fsp3) is 0.0667. The van der Waals surface area contributed by atoms with Crippen LogP contribution in [0.4, 0.5) is 5.95 Å². The molecule has 0 atom stereocenters. The highest BCUT2D eigenvalue weighted by molar-refractivity contribution is 7.98. The summed E-state index contributed by atoms with van der Waals surface area (Å²) in [5.41, 5.74) is 8.98. The van der Waals surface area contributed by atoms with Crippen LogP contribution in [0, 0.1) is 11.3 Å². The largest absolute Gasteiger partial charge is 0.369 e. The average Bonchev–Trinajstić information content (AvgIpc) is 2.83. The van der Waals surface area contributed by atoms with Crippen molar-refractivity contribution in [1.29, 1.82) is 5.26 Å². The molecule has 20 heavy (non-hydrogen) atoms. The number of aromatic nitrogens is 2. The monoisotopic (exact) mass is 280 g/mol. The highest BCUT2D eigenvalue weighted by Crippen LogP contribution is 2.26. The lowest BCUT2D eigenvalue weighted by Crippen LogP contribution is -2.00. The van der Waals surface area contributed by atoms with Crippen molar-refractivity contribution in [3.8, 4) is 11.8 Å². The standard InChI is InChI=1S/C15H12N4S/c1-20-12-7-5-11(6-8-12)19-13-4-2-3-10(9-16)14(13)18-15(19)17/h2-8H,1H3,(H2,17,18). The highest BCUT2D eigenvalue weighted by Gasteiger charge is 2.12. The molecule has 4 nitrogen and oxygen atoms in total. The van der Waals surface area contributed by atoms with E-state index < -0.39 is 0 Å². The number of thioether (sulfide) groups is 1. The number of imidazole rings is 1. The van der Waals surface area contributed by atoms with Crippen LogP contribution in [0.25, 0.3) is 16.7 Å². The molecule has 0 unspecified atom stereocenters. The molecule has 2 N–H and O–H groups in total. The molecule has 98 valence electrons. The Bertz CT molecular complexity index is 812. The maximum Gasteiger partial charge on any atom is 0.205 e. The van der Waals surface area contributed by atoms with Crippen LogP contribution in [-0.4, -0.2) is 15.8 Å². The quantitative estimate of drug-likeness (QED) is 0.732. The molecular formula is C15H12N4S. The number of hydrogen-bond acceptors (Lipinski definition) is 4. The van der Waals surface area contributed by atoms with Gasteiger partial charge in [-0.05, 0) is 42.7 Å². The third kappa shape index (κ3) is 1.91. The number of nitrogens with zero attached hydrogens (tertiary/aromatic N) is 3. The van der Waals surface area contributed by atoms with Crippen molar-refractivity contribution in [3.05, 3.63) is 48.0 Å². The van der Waals surface area contributed by atoms with Crippen LogP contribution in [0.15, 0.2) is 47.4 Å². The summed E-state index contributed by atoms with van der Waals surface area (Å²) in [7, 11) is 0. The first kappa shape index (κ1) is 12.6. The van der Waals surface area contributed by atoms with Crippen molar-refractivity contribution >= 4 is 28.7 Å². The highest BCUT2D eigenvalue weighted by atomic mass is 32.2. The molecule has 0 bridgehead atoms. The maximum absolute atomic E-state index is 9.13. The van der Waals surface area contributed by atoms with E-state index in [4.69, 9.17) is 11.0 Å². The summed E-state index contributed by atoms with van der Waals surface area (Å²) in [6.07, 6.45) is 2.04. The topological polar surface area (TPSA) is 67.6 Å². The molecule has 0 saturated carbocycles. The van der Waals surface area contributed by atoms with Crippen molar-refractivity contribution in [2.24, 2.45) is 0 Å². The second-order valence-corrected chi connectivity index (χ2v) is 5.17. The van der Waals surface area contributed by atoms with E-state index in [-0.39, 0.29) is 0 Å². The van der Waals surface area contributed by atoms with E-state index in [0.29, 0.717) is 17.0 Å². The van der Waals surface area contributed by atoms with Gasteiger partial charge in [0.15, 0.2) is 0 Å². The Kier molecular flexibility index (Phi) is 3.09. The molecule has 0 radical (unpaired) electrons. The zero-order valence-corrected chi connectivity index (χ0v) is 11.7. The van der Waals surface area contributed by atoms with Gasteiger partial charge < -0.3 is 5.73 Å². The predicted molar refractivity (Wildman–Crippen MR) is 82.0 cm³/mol. The summed E-state index contributed by atoms with van der Waals surface area (Å²) in [4.78, 5) is 5.51. The lowest BCUT2D eigenvalue weighted by Gasteiger charge is -2.07. The van der Waals surface area contributed by atoms with Gasteiger partial charge in [0.05, 0.1) is 11.1 Å². The molecule has 5 heteroatoms. The van der Waals surface area contributed by atoms with Gasteiger partial charge in [-0.1, -0.05) is 6.07 Å². The van der Waals surface area contributed by atoms with Crippen molar-refractivity contribution in [2.75, 3.05) is 12.0 Å². The summed E-state index contributed by atoms with van der Waals surface area (Å²) < 4.78 is 1.86. The Balaban J connectivity index is 2.25. The first-order valence-corrected chi connectivity index (χ1v) is 7.28. The molecule has 0 fully saturated rings. The number of fused-ring (bicyclic) bond motifs is 1. The fourth-order valence-corrected chi connectivity index (χ4v) is 2.62. The van der Waals surface area contributed by atoms with E-state index in [0.717, 1.165) is 11.2 Å². The van der Waals surface area contributed by atoms with Gasteiger partial charge in [0.2, 0.25) is 5.95 Å². The SMILES string of the molecule is CSc1ccc(-n2c(N)nc3c(C#N)cccc32)cc1. The maximum atomic E-state index is 9.13. The van der Waals surface area contributed by atoms with Crippen molar-refractivity contribution in [2.45, 2.75) is 4.90 Å². The molecule has 0 aliphatic rings. The van der Waals surface area contributed by atoms with Crippen LogP contribution < -0.4 is 5.73 Å². The predicted octanol–water partition coefficient (Wildman–Crippen LogP) is 3.20. The number of nitrogen functional groups attached to an aromatic ring is 1. The molecule has 1 heterocycles. The summed E-state index contributed by atoms with van der Waals surface area (Å²) in [6, 6.07) is 15.7. The second kappa shape index (κ2) is 4.91. The summed E-state index contributed by atoms with van der Waals surface area (Å²) in [5.74, 6) is 0.389. The Hall–Kier alpha value is -2.45. The van der Waals surface area contributed by atoms with E-state index >= 15 is 0 Å². The zero-order chi connectivity index (χ0) is 14.1. The van der Waals surface area contributed by atoms with E-state index in [9.17, 15) is 0 Å². The number of para-hydroxylation sites is 1. The van der Waals surface area contributed by atoms with Crippen LogP contribution in [0.3, 0.4) is 0 Å². The van der Waals surface area contributed by atoms with Gasteiger partial charge in [0.25, 0.3) is 0 Å². The Morgan fingerprint density at radius 3 is 2.60 bits per heavy atom. The molecule has 0 saturated heterocycles. The van der Waals surface area contributed by atoms with Crippen LogP contribution in [0.2, 0.25) is 0 Å². The van der Waals surface area contributed by atoms with E-state index in [2.05, 4.69) is 11.1 Å². The van der Waals surface area contributed by atoms with Gasteiger partial charge in [-0.2, -0.15) is 5.26 Å². The number of rotatable bonds is 2. The summed E-state index contributed by atoms with van der Waals surface area (Å²) in [5, 5.41) is 9.13.